The van der Waals surface area contributed by atoms with Gasteiger partial charge in [0, 0.05) is 18.6 Å². The summed E-state index contributed by atoms with van der Waals surface area (Å²) >= 11 is 6.01. The molecule has 2 aromatic rings. The monoisotopic (exact) mass is 206 g/mol. The van der Waals surface area contributed by atoms with E-state index in [1.807, 2.05) is 23.7 Å². The lowest BCUT2D eigenvalue weighted by Gasteiger charge is -1.97. The van der Waals surface area contributed by atoms with E-state index in [-0.39, 0.29) is 0 Å². The fraction of sp³-hybridized carbons (Fsp3) is 0.100. The average molecular weight is 207 g/mol. The second kappa shape index (κ2) is 3.29. The van der Waals surface area contributed by atoms with Crippen molar-refractivity contribution in [2.75, 3.05) is 0 Å². The Morgan fingerprint density at radius 3 is 3.00 bits per heavy atom. The number of isocyanates is 1. The zero-order valence-corrected chi connectivity index (χ0v) is 8.25. The molecular weight excluding hydrogens is 200 g/mol. The molecule has 3 nitrogen and oxygen atoms in total. The van der Waals surface area contributed by atoms with Crippen molar-refractivity contribution in [1.82, 2.24) is 4.57 Å². The molecule has 0 amide bonds. The second-order valence-corrected chi connectivity index (χ2v) is 3.37. The van der Waals surface area contributed by atoms with E-state index >= 15 is 0 Å². The molecule has 4 heteroatoms. The third kappa shape index (κ3) is 1.23. The van der Waals surface area contributed by atoms with Crippen LogP contribution in [-0.4, -0.2) is 10.6 Å². The predicted octanol–water partition coefficient (Wildman–Crippen LogP) is 2.80. The summed E-state index contributed by atoms with van der Waals surface area (Å²) < 4.78 is 1.84. The van der Waals surface area contributed by atoms with Gasteiger partial charge in [0.15, 0.2) is 0 Å². The number of benzene rings is 1. The summed E-state index contributed by atoms with van der Waals surface area (Å²) in [5, 5.41) is 1.51. The fourth-order valence-electron chi connectivity index (χ4n) is 1.54. The smallest absolute Gasteiger partial charge is 0.240 e. The van der Waals surface area contributed by atoms with Crippen molar-refractivity contribution in [3.63, 3.8) is 0 Å². The van der Waals surface area contributed by atoms with Crippen LogP contribution in [0, 0.1) is 0 Å². The van der Waals surface area contributed by atoms with Gasteiger partial charge in [-0.15, -0.1) is 0 Å². The van der Waals surface area contributed by atoms with E-state index in [1.165, 1.54) is 6.08 Å². The van der Waals surface area contributed by atoms with E-state index in [0.29, 0.717) is 10.7 Å². The molecule has 0 aliphatic carbocycles. The summed E-state index contributed by atoms with van der Waals surface area (Å²) in [4.78, 5) is 13.8. The van der Waals surface area contributed by atoms with Crippen molar-refractivity contribution < 1.29 is 4.79 Å². The Labute approximate surface area is 85.6 Å². The predicted molar refractivity (Wildman–Crippen MR) is 55.7 cm³/mol. The number of aryl methyl sites for hydroxylation is 1. The molecule has 70 valence electrons. The Hall–Kier alpha value is -1.57. The third-order valence-corrected chi connectivity index (χ3v) is 2.40. The summed E-state index contributed by atoms with van der Waals surface area (Å²) in [6.07, 6.45) is 3.28. The van der Waals surface area contributed by atoms with Gasteiger partial charge in [0.2, 0.25) is 6.08 Å². The van der Waals surface area contributed by atoms with Crippen molar-refractivity contribution >= 4 is 34.3 Å². The van der Waals surface area contributed by atoms with E-state index in [4.69, 9.17) is 11.6 Å². The molecule has 0 bridgehead atoms. The van der Waals surface area contributed by atoms with Gasteiger partial charge in [-0.25, -0.2) is 4.79 Å². The van der Waals surface area contributed by atoms with Gasteiger partial charge in [-0.3, -0.25) is 0 Å². The van der Waals surface area contributed by atoms with Gasteiger partial charge in [-0.1, -0.05) is 23.7 Å². The minimum absolute atomic E-state index is 0.597. The van der Waals surface area contributed by atoms with Gasteiger partial charge >= 0.3 is 0 Å². The lowest BCUT2D eigenvalue weighted by Crippen LogP contribution is -1.83. The van der Waals surface area contributed by atoms with E-state index in [9.17, 15) is 4.79 Å². The molecular formula is C10H7ClN2O. The quantitative estimate of drug-likeness (QED) is 0.522. The van der Waals surface area contributed by atoms with Crippen LogP contribution in [0.2, 0.25) is 5.02 Å². The molecule has 0 radical (unpaired) electrons. The molecule has 14 heavy (non-hydrogen) atoms. The van der Waals surface area contributed by atoms with Gasteiger partial charge in [0.25, 0.3) is 0 Å². The van der Waals surface area contributed by atoms with Crippen LogP contribution in [0.1, 0.15) is 0 Å². The summed E-state index contributed by atoms with van der Waals surface area (Å²) in [6.45, 7) is 0. The Bertz CT molecular complexity index is 538. The van der Waals surface area contributed by atoms with Crippen LogP contribution in [0.15, 0.2) is 29.4 Å². The standard InChI is InChI=1S/C10H7ClN2O/c1-13-5-9(12-6-14)7-3-2-4-8(11)10(7)13/h2-5H,1H3. The number of carbonyl (C=O) groups excluding carboxylic acids is 1. The van der Waals surface area contributed by atoms with Gasteiger partial charge < -0.3 is 4.57 Å². The topological polar surface area (TPSA) is 34.4 Å². The third-order valence-electron chi connectivity index (χ3n) is 2.10. The summed E-state index contributed by atoms with van der Waals surface area (Å²) in [5.74, 6) is 0. The second-order valence-electron chi connectivity index (χ2n) is 2.96. The number of aromatic nitrogens is 1. The molecule has 1 aromatic heterocycles. The Morgan fingerprint density at radius 2 is 2.29 bits per heavy atom. The minimum atomic E-state index is 0.597. The van der Waals surface area contributed by atoms with Crippen LogP contribution in [-0.2, 0) is 11.8 Å². The van der Waals surface area contributed by atoms with Gasteiger partial charge in [-0.05, 0) is 6.07 Å². The summed E-state index contributed by atoms with van der Waals surface area (Å²) in [6, 6.07) is 5.50. The molecule has 0 spiro atoms. The van der Waals surface area contributed by atoms with Crippen molar-refractivity contribution in [2.45, 2.75) is 0 Å². The first-order chi connectivity index (χ1) is 6.74. The molecule has 2 rings (SSSR count). The number of para-hydroxylation sites is 1. The average Bonchev–Trinajstić information content (AvgIpc) is 2.46. The van der Waals surface area contributed by atoms with Crippen molar-refractivity contribution in [2.24, 2.45) is 12.0 Å². The Morgan fingerprint density at radius 1 is 1.50 bits per heavy atom. The first-order valence-corrected chi connectivity index (χ1v) is 4.43. The molecule has 0 aliphatic heterocycles. The van der Waals surface area contributed by atoms with Crippen molar-refractivity contribution in [1.29, 1.82) is 0 Å². The number of hydrogen-bond acceptors (Lipinski definition) is 2. The Kier molecular flexibility index (Phi) is 2.12. The number of halogens is 1. The minimum Gasteiger partial charge on any atom is -0.347 e. The number of hydrogen-bond donors (Lipinski definition) is 0. The van der Waals surface area contributed by atoms with E-state index < -0.39 is 0 Å². The van der Waals surface area contributed by atoms with Crippen LogP contribution >= 0.6 is 11.6 Å². The van der Waals surface area contributed by atoms with E-state index in [0.717, 1.165) is 10.9 Å². The first kappa shape index (κ1) is 9.00. The number of aliphatic imine (C=N–C) groups is 1. The van der Waals surface area contributed by atoms with Crippen molar-refractivity contribution in [3.05, 3.63) is 29.4 Å². The van der Waals surface area contributed by atoms with Crippen LogP contribution < -0.4 is 0 Å². The van der Waals surface area contributed by atoms with E-state index in [2.05, 4.69) is 4.99 Å². The SMILES string of the molecule is Cn1cc(N=C=O)c2cccc(Cl)c21. The van der Waals surface area contributed by atoms with Gasteiger partial charge in [0.1, 0.15) is 5.69 Å². The highest BCUT2D eigenvalue weighted by Gasteiger charge is 2.07. The zero-order valence-electron chi connectivity index (χ0n) is 7.49. The lowest BCUT2D eigenvalue weighted by molar-refractivity contribution is 0.565. The van der Waals surface area contributed by atoms with Crippen LogP contribution in [0.4, 0.5) is 5.69 Å². The highest BCUT2D eigenvalue weighted by molar-refractivity contribution is 6.35. The van der Waals surface area contributed by atoms with E-state index in [1.54, 1.807) is 12.3 Å². The maximum Gasteiger partial charge on any atom is 0.240 e. The van der Waals surface area contributed by atoms with Crippen molar-refractivity contribution in [3.8, 4) is 0 Å². The largest absolute Gasteiger partial charge is 0.347 e. The van der Waals surface area contributed by atoms with Crippen LogP contribution in [0.5, 0.6) is 0 Å². The van der Waals surface area contributed by atoms with Gasteiger partial charge in [-0.2, -0.15) is 4.99 Å². The molecule has 0 aliphatic rings. The number of rotatable bonds is 1. The van der Waals surface area contributed by atoms with Crippen LogP contribution in [0.25, 0.3) is 10.9 Å². The van der Waals surface area contributed by atoms with Gasteiger partial charge in [0.05, 0.1) is 10.5 Å². The highest BCUT2D eigenvalue weighted by atomic mass is 35.5. The molecule has 0 unspecified atom stereocenters. The number of nitrogens with zero attached hydrogens (tertiary/aromatic N) is 2. The summed E-state index contributed by atoms with van der Waals surface area (Å²) in [5.41, 5.74) is 1.48. The fourth-order valence-corrected chi connectivity index (χ4v) is 1.84. The Balaban J connectivity index is 2.90. The molecule has 0 saturated heterocycles. The lowest BCUT2D eigenvalue weighted by atomic mass is 10.2. The number of fused-ring (bicyclic) bond motifs is 1. The highest BCUT2D eigenvalue weighted by Crippen LogP contribution is 2.31. The summed E-state index contributed by atoms with van der Waals surface area (Å²) in [7, 11) is 1.86. The van der Waals surface area contributed by atoms with Crippen LogP contribution in [0.3, 0.4) is 0 Å². The normalized spacial score (nSPS) is 10.1. The maximum atomic E-state index is 10.2. The zero-order chi connectivity index (χ0) is 10.1. The molecule has 0 atom stereocenters. The molecule has 0 saturated carbocycles. The molecule has 1 aromatic carbocycles. The molecule has 0 fully saturated rings. The maximum absolute atomic E-state index is 10.2. The molecule has 0 N–H and O–H groups in total. The first-order valence-electron chi connectivity index (χ1n) is 4.05. The molecule has 1 heterocycles.